The number of nitrogens with zero attached hydrogens (tertiary/aromatic N) is 3. The lowest BCUT2D eigenvalue weighted by atomic mass is 10.2. The fraction of sp³-hybridized carbons (Fsp3) is 0.0833. The molecule has 0 spiro atoms. The van der Waals surface area contributed by atoms with E-state index in [1.807, 2.05) is 29.7 Å². The van der Waals surface area contributed by atoms with E-state index < -0.39 is 0 Å². The molecule has 2 heterocycles. The van der Waals surface area contributed by atoms with Crippen LogP contribution in [0.15, 0.2) is 36.5 Å². The van der Waals surface area contributed by atoms with Gasteiger partial charge in [-0.15, -0.1) is 0 Å². The molecule has 0 saturated heterocycles. The first-order valence-corrected chi connectivity index (χ1v) is 4.98. The van der Waals surface area contributed by atoms with Crippen LogP contribution in [0.3, 0.4) is 0 Å². The number of aromatic nitrogens is 3. The third-order valence-electron chi connectivity index (χ3n) is 2.55. The lowest BCUT2D eigenvalue weighted by Crippen LogP contribution is -2.24. The summed E-state index contributed by atoms with van der Waals surface area (Å²) in [5.74, 6) is -0.269. The summed E-state index contributed by atoms with van der Waals surface area (Å²) in [6, 6.07) is 8.35. The Morgan fingerprint density at radius 2 is 2.00 bits per heavy atom. The minimum atomic E-state index is -0.269. The predicted octanol–water partition coefficient (Wildman–Crippen LogP) is 1.82. The van der Waals surface area contributed by atoms with Gasteiger partial charge >= 0.3 is 5.65 Å². The monoisotopic (exact) mass is 214 g/mol. The van der Waals surface area contributed by atoms with Crippen molar-refractivity contribution < 1.29 is 8.79 Å². The van der Waals surface area contributed by atoms with E-state index in [2.05, 4.69) is 10.2 Å². The zero-order chi connectivity index (χ0) is 11.1. The first-order chi connectivity index (χ1) is 7.74. The smallest absolute Gasteiger partial charge is 0.207 e. The van der Waals surface area contributed by atoms with Gasteiger partial charge in [0.1, 0.15) is 5.82 Å². The second-order valence-corrected chi connectivity index (χ2v) is 3.77. The van der Waals surface area contributed by atoms with Crippen LogP contribution in [0, 0.1) is 12.7 Å². The molecule has 0 aliphatic rings. The molecule has 3 aromatic rings. The van der Waals surface area contributed by atoms with E-state index in [0.717, 1.165) is 16.7 Å². The molecule has 0 atom stereocenters. The second-order valence-electron chi connectivity index (χ2n) is 3.77. The lowest BCUT2D eigenvalue weighted by molar-refractivity contribution is -0.485. The summed E-state index contributed by atoms with van der Waals surface area (Å²) in [5.41, 5.74) is 3.23. The summed E-state index contributed by atoms with van der Waals surface area (Å²) >= 11 is 0. The molecule has 0 amide bonds. The van der Waals surface area contributed by atoms with Gasteiger partial charge in [-0.25, -0.2) is 4.39 Å². The van der Waals surface area contributed by atoms with Gasteiger partial charge in [0.15, 0.2) is 11.0 Å². The van der Waals surface area contributed by atoms with E-state index in [9.17, 15) is 4.39 Å². The van der Waals surface area contributed by atoms with Crippen molar-refractivity contribution in [3.05, 3.63) is 47.9 Å². The summed E-state index contributed by atoms with van der Waals surface area (Å²) in [7, 11) is 0. The average Bonchev–Trinajstić information content (AvgIpc) is 2.28. The molecule has 16 heavy (non-hydrogen) atoms. The number of rotatable bonds is 0. The normalized spacial score (nSPS) is 11.1. The molecule has 0 aliphatic carbocycles. The van der Waals surface area contributed by atoms with Crippen molar-refractivity contribution in [3.63, 3.8) is 0 Å². The highest BCUT2D eigenvalue weighted by atomic mass is 19.1. The number of fused-ring (bicyclic) bond motifs is 3. The number of pyridine rings is 1. The van der Waals surface area contributed by atoms with E-state index in [0.29, 0.717) is 5.52 Å². The quantitative estimate of drug-likeness (QED) is 0.422. The number of halogens is 1. The highest BCUT2D eigenvalue weighted by Gasteiger charge is 2.11. The molecule has 0 aliphatic heterocycles. The van der Waals surface area contributed by atoms with Gasteiger partial charge in [0, 0.05) is 12.1 Å². The first kappa shape index (κ1) is 9.15. The average molecular weight is 214 g/mol. The Hall–Kier alpha value is -2.10. The van der Waals surface area contributed by atoms with Crippen molar-refractivity contribution in [2.45, 2.75) is 6.92 Å². The van der Waals surface area contributed by atoms with E-state index >= 15 is 0 Å². The molecule has 0 unspecified atom stereocenters. The van der Waals surface area contributed by atoms with Crippen LogP contribution in [-0.2, 0) is 0 Å². The molecular weight excluding hydrogens is 205 g/mol. The molecule has 0 bridgehead atoms. The Bertz CT molecular complexity index is 694. The Morgan fingerprint density at radius 1 is 1.12 bits per heavy atom. The summed E-state index contributed by atoms with van der Waals surface area (Å²) < 4.78 is 15.0. The third kappa shape index (κ3) is 1.31. The highest BCUT2D eigenvalue weighted by Crippen LogP contribution is 2.09. The number of aryl methyl sites for hydroxylation is 1. The van der Waals surface area contributed by atoms with Crippen LogP contribution in [0.4, 0.5) is 4.39 Å². The summed E-state index contributed by atoms with van der Waals surface area (Å²) in [6.45, 7) is 1.98. The fourth-order valence-corrected chi connectivity index (χ4v) is 1.75. The van der Waals surface area contributed by atoms with Crippen LogP contribution in [0.5, 0.6) is 0 Å². The number of benzene rings is 1. The molecule has 0 radical (unpaired) electrons. The summed E-state index contributed by atoms with van der Waals surface area (Å²) in [5, 5.41) is 8.14. The lowest BCUT2D eigenvalue weighted by Gasteiger charge is -1.97. The molecule has 1 aromatic carbocycles. The number of hydrogen-bond acceptors (Lipinski definition) is 2. The first-order valence-electron chi connectivity index (χ1n) is 4.98. The molecule has 0 saturated carbocycles. The van der Waals surface area contributed by atoms with Gasteiger partial charge in [-0.2, -0.15) is 4.40 Å². The van der Waals surface area contributed by atoms with Gasteiger partial charge in [0.05, 0.1) is 11.3 Å². The van der Waals surface area contributed by atoms with E-state index in [1.165, 1.54) is 12.1 Å². The largest absolute Gasteiger partial charge is 0.356 e. The van der Waals surface area contributed by atoms with Crippen LogP contribution in [0.25, 0.3) is 16.7 Å². The topological polar surface area (TPSA) is 29.9 Å². The van der Waals surface area contributed by atoms with Gasteiger partial charge in [-0.05, 0) is 35.8 Å². The van der Waals surface area contributed by atoms with E-state index in [1.54, 1.807) is 6.07 Å². The van der Waals surface area contributed by atoms with Crippen LogP contribution in [-0.4, -0.2) is 10.2 Å². The molecule has 0 fully saturated rings. The maximum Gasteiger partial charge on any atom is 0.356 e. The molecule has 78 valence electrons. The fourth-order valence-electron chi connectivity index (χ4n) is 1.75. The van der Waals surface area contributed by atoms with E-state index in [4.69, 9.17) is 0 Å². The molecule has 3 rings (SSSR count). The van der Waals surface area contributed by atoms with Crippen molar-refractivity contribution in [2.24, 2.45) is 0 Å². The highest BCUT2D eigenvalue weighted by molar-refractivity contribution is 5.70. The van der Waals surface area contributed by atoms with Crippen molar-refractivity contribution in [2.75, 3.05) is 0 Å². The molecular formula is C12H9FN3+. The zero-order valence-electron chi connectivity index (χ0n) is 8.68. The SMILES string of the molecule is Cc1cc[n+]2c(c1)nnc1ccc(F)cc12. The van der Waals surface area contributed by atoms with Crippen LogP contribution >= 0.6 is 0 Å². The zero-order valence-corrected chi connectivity index (χ0v) is 8.68. The van der Waals surface area contributed by atoms with Gasteiger partial charge in [0.25, 0.3) is 0 Å². The van der Waals surface area contributed by atoms with Gasteiger partial charge in [-0.3, -0.25) is 0 Å². The van der Waals surface area contributed by atoms with Crippen LogP contribution in [0.1, 0.15) is 5.56 Å². The van der Waals surface area contributed by atoms with Gasteiger partial charge < -0.3 is 0 Å². The molecule has 4 heteroatoms. The van der Waals surface area contributed by atoms with E-state index in [-0.39, 0.29) is 5.82 Å². The Balaban J connectivity index is 2.52. The van der Waals surface area contributed by atoms with Crippen molar-refractivity contribution >= 4 is 16.7 Å². The maximum absolute atomic E-state index is 13.2. The molecule has 3 nitrogen and oxygen atoms in total. The minimum absolute atomic E-state index is 0.269. The second kappa shape index (κ2) is 3.20. The van der Waals surface area contributed by atoms with Crippen molar-refractivity contribution in [1.82, 2.24) is 10.2 Å². The standard InChI is InChI=1S/C12H9FN3/c1-8-4-5-16-11-7-9(13)2-3-10(11)14-15-12(16)6-8/h2-7H,1H3/q+1. The Kier molecular flexibility index (Phi) is 1.83. The molecule has 2 aromatic heterocycles. The van der Waals surface area contributed by atoms with Crippen molar-refractivity contribution in [1.29, 1.82) is 0 Å². The van der Waals surface area contributed by atoms with Crippen molar-refractivity contribution in [3.8, 4) is 0 Å². The third-order valence-corrected chi connectivity index (χ3v) is 2.55. The van der Waals surface area contributed by atoms with Gasteiger partial charge in [0.2, 0.25) is 0 Å². The van der Waals surface area contributed by atoms with Crippen LogP contribution in [0.2, 0.25) is 0 Å². The van der Waals surface area contributed by atoms with Gasteiger partial charge in [-0.1, -0.05) is 0 Å². The molecule has 0 N–H and O–H groups in total. The predicted molar refractivity (Wildman–Crippen MR) is 57.4 cm³/mol. The maximum atomic E-state index is 13.2. The van der Waals surface area contributed by atoms with Crippen LogP contribution < -0.4 is 4.40 Å². The number of hydrogen-bond donors (Lipinski definition) is 0. The Morgan fingerprint density at radius 3 is 2.88 bits per heavy atom. The Labute approximate surface area is 91.2 Å². The minimum Gasteiger partial charge on any atom is -0.207 e. The summed E-state index contributed by atoms with van der Waals surface area (Å²) in [4.78, 5) is 0. The summed E-state index contributed by atoms with van der Waals surface area (Å²) in [6.07, 6.45) is 1.88.